The van der Waals surface area contributed by atoms with Gasteiger partial charge in [0.1, 0.15) is 0 Å². The molecular weight excluding hydrogens is 203 g/mol. The summed E-state index contributed by atoms with van der Waals surface area (Å²) in [5.41, 5.74) is 0. The summed E-state index contributed by atoms with van der Waals surface area (Å²) in [6.07, 6.45) is 0.674. The van der Waals surface area contributed by atoms with Crippen molar-refractivity contribution in [2.45, 2.75) is 0 Å². The lowest BCUT2D eigenvalue weighted by Gasteiger charge is -2.04. The van der Waals surface area contributed by atoms with Crippen LogP contribution < -0.4 is 5.30 Å². The third-order valence-corrected chi connectivity index (χ3v) is 3.14. The maximum atomic E-state index is 11.5. The molecular formula is C9H9O4P. The van der Waals surface area contributed by atoms with Crippen LogP contribution in [0.15, 0.2) is 42.2 Å². The smallest absolute Gasteiger partial charge is 0.328 e. The molecule has 0 amide bonds. The minimum Gasteiger partial charge on any atom is -0.478 e. The van der Waals surface area contributed by atoms with Gasteiger partial charge >= 0.3 is 5.97 Å². The topological polar surface area (TPSA) is 74.6 Å². The summed E-state index contributed by atoms with van der Waals surface area (Å²) >= 11 is 0. The van der Waals surface area contributed by atoms with E-state index >= 15 is 0 Å². The fourth-order valence-corrected chi connectivity index (χ4v) is 1.99. The minimum atomic E-state index is -3.66. The van der Waals surface area contributed by atoms with Gasteiger partial charge in [0.05, 0.1) is 0 Å². The summed E-state index contributed by atoms with van der Waals surface area (Å²) in [6.45, 7) is 0. The van der Waals surface area contributed by atoms with Crippen molar-refractivity contribution in [3.8, 4) is 0 Å². The van der Waals surface area contributed by atoms with E-state index in [1.54, 1.807) is 18.2 Å². The molecule has 74 valence electrons. The van der Waals surface area contributed by atoms with Crippen molar-refractivity contribution in [1.29, 1.82) is 0 Å². The molecule has 2 N–H and O–H groups in total. The van der Waals surface area contributed by atoms with E-state index in [9.17, 15) is 14.3 Å². The average Bonchev–Trinajstić information content (AvgIpc) is 2.16. The molecule has 1 unspecified atom stereocenters. The van der Waals surface area contributed by atoms with E-state index in [1.807, 2.05) is 0 Å². The van der Waals surface area contributed by atoms with Crippen LogP contribution in [0.2, 0.25) is 0 Å². The first-order valence-electron chi connectivity index (χ1n) is 3.82. The maximum Gasteiger partial charge on any atom is 0.328 e. The van der Waals surface area contributed by atoms with Gasteiger partial charge in [-0.15, -0.1) is 0 Å². The van der Waals surface area contributed by atoms with Crippen LogP contribution in [0.4, 0.5) is 0 Å². The monoisotopic (exact) mass is 212 g/mol. The largest absolute Gasteiger partial charge is 0.478 e. The van der Waals surface area contributed by atoms with E-state index in [0.29, 0.717) is 6.08 Å². The van der Waals surface area contributed by atoms with Crippen molar-refractivity contribution in [3.63, 3.8) is 0 Å². The number of hydrogen-bond acceptors (Lipinski definition) is 2. The summed E-state index contributed by atoms with van der Waals surface area (Å²) in [5.74, 6) is -0.430. The van der Waals surface area contributed by atoms with Crippen molar-refractivity contribution in [2.75, 3.05) is 0 Å². The Morgan fingerprint density at radius 2 is 1.86 bits per heavy atom. The highest BCUT2D eigenvalue weighted by Crippen LogP contribution is 2.40. The van der Waals surface area contributed by atoms with E-state index < -0.39 is 13.3 Å². The molecule has 1 aromatic rings. The van der Waals surface area contributed by atoms with Crippen molar-refractivity contribution < 1.29 is 19.4 Å². The van der Waals surface area contributed by atoms with E-state index in [4.69, 9.17) is 5.11 Å². The number of aliphatic carboxylic acids is 1. The Hall–Kier alpha value is -1.38. The lowest BCUT2D eigenvalue weighted by Crippen LogP contribution is -2.01. The summed E-state index contributed by atoms with van der Waals surface area (Å²) < 4.78 is 11.5. The van der Waals surface area contributed by atoms with Crippen molar-refractivity contribution in [2.24, 2.45) is 0 Å². The van der Waals surface area contributed by atoms with Crippen molar-refractivity contribution in [1.82, 2.24) is 0 Å². The van der Waals surface area contributed by atoms with Gasteiger partial charge in [0.25, 0.3) is 7.37 Å². The van der Waals surface area contributed by atoms with Crippen LogP contribution >= 0.6 is 7.37 Å². The molecule has 0 aromatic heterocycles. The van der Waals surface area contributed by atoms with E-state index in [0.717, 1.165) is 5.82 Å². The van der Waals surface area contributed by atoms with Gasteiger partial charge in [0.2, 0.25) is 0 Å². The predicted octanol–water partition coefficient (Wildman–Crippen LogP) is 1.18. The number of carboxylic acids is 1. The lowest BCUT2D eigenvalue weighted by molar-refractivity contribution is -0.131. The highest BCUT2D eigenvalue weighted by molar-refractivity contribution is 7.69. The standard InChI is InChI=1S/C9H9O4P/c10-9(11)6-7-14(12,13)8-4-2-1-3-5-8/h1-7H,(H,10,11)(H,12,13). The molecule has 1 rings (SSSR count). The fourth-order valence-electron chi connectivity index (χ4n) is 0.892. The average molecular weight is 212 g/mol. The van der Waals surface area contributed by atoms with Crippen LogP contribution in [-0.4, -0.2) is 16.0 Å². The van der Waals surface area contributed by atoms with Gasteiger partial charge in [-0.05, 0) is 12.1 Å². The minimum absolute atomic E-state index is 0.220. The van der Waals surface area contributed by atoms with Crippen LogP contribution in [0, 0.1) is 0 Å². The molecule has 0 saturated heterocycles. The molecule has 0 saturated carbocycles. The molecule has 5 heteroatoms. The van der Waals surface area contributed by atoms with Crippen LogP contribution in [0.1, 0.15) is 0 Å². The molecule has 0 aliphatic rings. The van der Waals surface area contributed by atoms with Gasteiger partial charge < -0.3 is 10.00 Å². The summed E-state index contributed by atoms with van der Waals surface area (Å²) in [4.78, 5) is 19.6. The molecule has 0 aliphatic carbocycles. The van der Waals surface area contributed by atoms with Crippen molar-refractivity contribution >= 4 is 18.6 Å². The molecule has 0 fully saturated rings. The highest BCUT2D eigenvalue weighted by Gasteiger charge is 2.16. The predicted molar refractivity (Wildman–Crippen MR) is 52.7 cm³/mol. The molecule has 0 bridgehead atoms. The third-order valence-electron chi connectivity index (χ3n) is 1.55. The first-order chi connectivity index (χ1) is 6.52. The zero-order chi connectivity index (χ0) is 10.6. The number of carbonyl (C=O) groups is 1. The van der Waals surface area contributed by atoms with Gasteiger partial charge in [-0.25, -0.2) is 4.79 Å². The lowest BCUT2D eigenvalue weighted by atomic mass is 10.4. The second-order valence-electron chi connectivity index (χ2n) is 2.61. The zero-order valence-corrected chi connectivity index (χ0v) is 8.09. The number of benzene rings is 1. The number of rotatable bonds is 3. The quantitative estimate of drug-likeness (QED) is 0.582. The summed E-state index contributed by atoms with van der Waals surface area (Å²) in [6, 6.07) is 7.91. The molecule has 0 heterocycles. The summed E-state index contributed by atoms with van der Waals surface area (Å²) in [5, 5.41) is 8.52. The fraction of sp³-hybridized carbons (Fsp3) is 0. The summed E-state index contributed by atoms with van der Waals surface area (Å²) in [7, 11) is -3.66. The van der Waals surface area contributed by atoms with Gasteiger partial charge in [-0.1, -0.05) is 18.2 Å². The maximum absolute atomic E-state index is 11.5. The Morgan fingerprint density at radius 3 is 2.36 bits per heavy atom. The second-order valence-corrected chi connectivity index (χ2v) is 4.67. The molecule has 0 radical (unpaired) electrons. The van der Waals surface area contributed by atoms with Crippen molar-refractivity contribution in [3.05, 3.63) is 42.2 Å². The molecule has 14 heavy (non-hydrogen) atoms. The Balaban J connectivity index is 2.98. The third kappa shape index (κ3) is 2.83. The van der Waals surface area contributed by atoms with Crippen LogP contribution in [0.25, 0.3) is 0 Å². The van der Waals surface area contributed by atoms with E-state index in [-0.39, 0.29) is 5.30 Å². The van der Waals surface area contributed by atoms with Gasteiger partial charge in [0.15, 0.2) is 0 Å². The molecule has 1 atom stereocenters. The van der Waals surface area contributed by atoms with Gasteiger partial charge in [-0.3, -0.25) is 4.57 Å². The Bertz CT molecular complexity index is 397. The molecule has 0 spiro atoms. The molecule has 1 aromatic carbocycles. The van der Waals surface area contributed by atoms with Crippen LogP contribution in [0.5, 0.6) is 0 Å². The van der Waals surface area contributed by atoms with Crippen LogP contribution in [0.3, 0.4) is 0 Å². The number of carboxylic acid groups (broad SMARTS) is 1. The van der Waals surface area contributed by atoms with Gasteiger partial charge in [0, 0.05) is 17.2 Å². The number of hydrogen-bond donors (Lipinski definition) is 2. The molecule has 0 aliphatic heterocycles. The van der Waals surface area contributed by atoms with Gasteiger partial charge in [-0.2, -0.15) is 0 Å². The van der Waals surface area contributed by atoms with E-state index in [2.05, 4.69) is 0 Å². The SMILES string of the molecule is O=C(O)C=CP(=O)(O)c1ccccc1. The zero-order valence-electron chi connectivity index (χ0n) is 7.20. The highest BCUT2D eigenvalue weighted by atomic mass is 31.2. The normalized spacial score (nSPS) is 15.2. The Kier molecular flexibility index (Phi) is 3.23. The Labute approximate surface area is 81.0 Å². The Morgan fingerprint density at radius 1 is 1.29 bits per heavy atom. The molecule has 4 nitrogen and oxygen atoms in total. The van der Waals surface area contributed by atoms with E-state index in [1.165, 1.54) is 12.1 Å². The first-order valence-corrected chi connectivity index (χ1v) is 5.55. The van der Waals surface area contributed by atoms with Crippen LogP contribution in [-0.2, 0) is 9.36 Å². The second kappa shape index (κ2) is 4.22. The first kappa shape index (κ1) is 10.7.